The van der Waals surface area contributed by atoms with E-state index in [1.54, 1.807) is 0 Å². The first-order chi connectivity index (χ1) is 14.4. The van der Waals surface area contributed by atoms with Gasteiger partial charge in [-0.3, -0.25) is 9.59 Å². The van der Waals surface area contributed by atoms with E-state index in [9.17, 15) is 9.59 Å². The number of nitrogens with zero attached hydrogens (tertiary/aromatic N) is 1. The highest BCUT2D eigenvalue weighted by Crippen LogP contribution is 2.19. The highest BCUT2D eigenvalue weighted by Gasteiger charge is 2.16. The molecule has 0 radical (unpaired) electrons. The van der Waals surface area contributed by atoms with Crippen LogP contribution in [0, 0.1) is 13.8 Å². The number of ether oxygens (including phenoxy) is 1. The second kappa shape index (κ2) is 10.2. The molecule has 1 heterocycles. The maximum absolute atomic E-state index is 12.4. The van der Waals surface area contributed by atoms with Gasteiger partial charge in [-0.15, -0.1) is 0 Å². The Hall–Kier alpha value is -2.90. The number of rotatable bonds is 7. The summed E-state index contributed by atoms with van der Waals surface area (Å²) in [7, 11) is 1.84. The maximum atomic E-state index is 12.4. The predicted molar refractivity (Wildman–Crippen MR) is 119 cm³/mol. The Balaban J connectivity index is 1.46. The number of carbonyl (C=O) groups excluding carboxylic acids is 2. The Bertz CT molecular complexity index is 856. The fraction of sp³-hybridized carbons (Fsp3) is 0.391. The molecule has 1 fully saturated rings. The fourth-order valence-corrected chi connectivity index (χ4v) is 3.59. The molecule has 7 nitrogen and oxygen atoms in total. The van der Waals surface area contributed by atoms with Crippen LogP contribution < -0.4 is 20.4 Å². The highest BCUT2D eigenvalue weighted by atomic mass is 16.5. The van der Waals surface area contributed by atoms with E-state index in [1.807, 2.05) is 63.4 Å². The lowest BCUT2D eigenvalue weighted by Crippen LogP contribution is -3.11. The van der Waals surface area contributed by atoms with Crippen LogP contribution in [0.5, 0.6) is 0 Å². The molecule has 0 spiro atoms. The molecule has 1 atom stereocenters. The fourth-order valence-electron chi connectivity index (χ4n) is 3.59. The van der Waals surface area contributed by atoms with Gasteiger partial charge in [0, 0.05) is 30.2 Å². The molecule has 0 bridgehead atoms. The van der Waals surface area contributed by atoms with E-state index in [4.69, 9.17) is 4.74 Å². The molecular weight excluding hydrogens is 380 g/mol. The van der Waals surface area contributed by atoms with E-state index in [0.29, 0.717) is 0 Å². The standard InChI is InChI=1S/C23H30N4O3/c1-17-5-4-6-18(2)23(17)25-22(29)16-26(3)15-21(28)24-19-7-9-20(10-8-19)27-11-13-30-14-12-27/h4-10H,11-16H2,1-3H3,(H,24,28)(H,25,29)/p+1. The lowest BCUT2D eigenvalue weighted by atomic mass is 10.1. The van der Waals surface area contributed by atoms with E-state index in [0.717, 1.165) is 59.4 Å². The van der Waals surface area contributed by atoms with Crippen molar-refractivity contribution in [2.75, 3.05) is 62.0 Å². The van der Waals surface area contributed by atoms with Crippen molar-refractivity contribution in [3.05, 3.63) is 53.6 Å². The third-order valence-electron chi connectivity index (χ3n) is 5.20. The van der Waals surface area contributed by atoms with Gasteiger partial charge in [-0.25, -0.2) is 0 Å². The number of likely N-dealkylation sites (N-methyl/N-ethyl adjacent to an activating group) is 1. The van der Waals surface area contributed by atoms with Gasteiger partial charge in [0.2, 0.25) is 0 Å². The van der Waals surface area contributed by atoms with Gasteiger partial charge < -0.3 is 25.2 Å². The number of anilines is 3. The van der Waals surface area contributed by atoms with Crippen LogP contribution in [-0.4, -0.2) is 58.3 Å². The number of nitrogens with one attached hydrogen (secondary N) is 3. The number of morpholine rings is 1. The van der Waals surface area contributed by atoms with Gasteiger partial charge in [0.1, 0.15) is 0 Å². The molecule has 160 valence electrons. The third-order valence-corrected chi connectivity index (χ3v) is 5.20. The molecule has 1 unspecified atom stereocenters. The lowest BCUT2D eigenvalue weighted by molar-refractivity contribution is -0.862. The minimum absolute atomic E-state index is 0.104. The number of quaternary nitrogens is 1. The molecule has 7 heteroatoms. The highest BCUT2D eigenvalue weighted by molar-refractivity contribution is 5.94. The molecule has 1 aliphatic rings. The molecule has 3 rings (SSSR count). The summed E-state index contributed by atoms with van der Waals surface area (Å²) in [4.78, 5) is 27.8. The van der Waals surface area contributed by atoms with Crippen LogP contribution in [-0.2, 0) is 14.3 Å². The Morgan fingerprint density at radius 1 is 0.933 bits per heavy atom. The molecule has 1 saturated heterocycles. The quantitative estimate of drug-likeness (QED) is 0.641. The molecule has 30 heavy (non-hydrogen) atoms. The first-order valence-corrected chi connectivity index (χ1v) is 10.3. The summed E-state index contributed by atoms with van der Waals surface area (Å²) in [6.45, 7) is 7.61. The number of hydrogen-bond donors (Lipinski definition) is 3. The van der Waals surface area contributed by atoms with Crippen molar-refractivity contribution in [2.45, 2.75) is 13.8 Å². The van der Waals surface area contributed by atoms with Gasteiger partial charge in [-0.2, -0.15) is 0 Å². The number of hydrogen-bond acceptors (Lipinski definition) is 4. The number of benzene rings is 2. The Labute approximate surface area is 178 Å². The molecule has 0 aromatic heterocycles. The Kier molecular flexibility index (Phi) is 7.43. The van der Waals surface area contributed by atoms with Gasteiger partial charge in [0.25, 0.3) is 11.8 Å². The van der Waals surface area contributed by atoms with E-state index < -0.39 is 0 Å². The zero-order valence-electron chi connectivity index (χ0n) is 18.0. The van der Waals surface area contributed by atoms with Crippen LogP contribution in [0.25, 0.3) is 0 Å². The van der Waals surface area contributed by atoms with E-state index in [1.165, 1.54) is 0 Å². The second-order valence-electron chi connectivity index (χ2n) is 7.82. The van der Waals surface area contributed by atoms with Crippen LogP contribution in [0.1, 0.15) is 11.1 Å². The first kappa shape index (κ1) is 21.8. The van der Waals surface area contributed by atoms with Crippen LogP contribution in [0.15, 0.2) is 42.5 Å². The molecule has 2 amide bonds. The number of para-hydroxylation sites is 1. The molecule has 2 aromatic carbocycles. The summed E-state index contributed by atoms with van der Waals surface area (Å²) < 4.78 is 5.38. The van der Waals surface area contributed by atoms with Gasteiger partial charge in [0.05, 0.1) is 20.3 Å². The summed E-state index contributed by atoms with van der Waals surface area (Å²) in [6.07, 6.45) is 0. The number of carbonyl (C=O) groups is 2. The summed E-state index contributed by atoms with van der Waals surface area (Å²) in [5.74, 6) is -0.223. The van der Waals surface area contributed by atoms with Crippen molar-refractivity contribution in [2.24, 2.45) is 0 Å². The Morgan fingerprint density at radius 2 is 1.50 bits per heavy atom. The molecular formula is C23H31N4O3+. The normalized spacial score (nSPS) is 14.8. The van der Waals surface area contributed by atoms with Crippen molar-refractivity contribution in [1.29, 1.82) is 0 Å². The van der Waals surface area contributed by atoms with E-state index >= 15 is 0 Å². The zero-order valence-corrected chi connectivity index (χ0v) is 18.0. The van der Waals surface area contributed by atoms with Crippen LogP contribution >= 0.6 is 0 Å². The van der Waals surface area contributed by atoms with Crippen molar-refractivity contribution in [1.82, 2.24) is 0 Å². The summed E-state index contributed by atoms with van der Waals surface area (Å²) >= 11 is 0. The van der Waals surface area contributed by atoms with Gasteiger partial charge in [-0.05, 0) is 49.2 Å². The summed E-state index contributed by atoms with van der Waals surface area (Å²) in [5, 5.41) is 5.87. The van der Waals surface area contributed by atoms with Crippen LogP contribution in [0.2, 0.25) is 0 Å². The largest absolute Gasteiger partial charge is 0.378 e. The van der Waals surface area contributed by atoms with Crippen LogP contribution in [0.4, 0.5) is 17.1 Å². The topological polar surface area (TPSA) is 75.1 Å². The van der Waals surface area contributed by atoms with Crippen molar-refractivity contribution in [3.63, 3.8) is 0 Å². The third kappa shape index (κ3) is 6.05. The van der Waals surface area contributed by atoms with Crippen LogP contribution in [0.3, 0.4) is 0 Å². The second-order valence-corrected chi connectivity index (χ2v) is 7.82. The minimum atomic E-state index is -0.119. The SMILES string of the molecule is Cc1cccc(C)c1NC(=O)C[NH+](C)CC(=O)Nc1ccc(N2CCOCC2)cc1. The minimum Gasteiger partial charge on any atom is -0.378 e. The van der Waals surface area contributed by atoms with Crippen molar-refractivity contribution in [3.8, 4) is 0 Å². The lowest BCUT2D eigenvalue weighted by Gasteiger charge is -2.28. The van der Waals surface area contributed by atoms with Gasteiger partial charge in [-0.1, -0.05) is 18.2 Å². The summed E-state index contributed by atoms with van der Waals surface area (Å²) in [5.41, 5.74) is 4.78. The van der Waals surface area contributed by atoms with Gasteiger partial charge in [0.15, 0.2) is 13.1 Å². The number of aryl methyl sites for hydroxylation is 2. The molecule has 0 saturated carbocycles. The van der Waals surface area contributed by atoms with Gasteiger partial charge >= 0.3 is 0 Å². The monoisotopic (exact) mass is 411 g/mol. The average molecular weight is 412 g/mol. The molecule has 0 aliphatic carbocycles. The Morgan fingerprint density at radius 3 is 2.10 bits per heavy atom. The molecule has 2 aromatic rings. The van der Waals surface area contributed by atoms with E-state index in [2.05, 4.69) is 15.5 Å². The predicted octanol–water partition coefficient (Wildman–Crippen LogP) is 1.23. The van der Waals surface area contributed by atoms with Crippen molar-refractivity contribution < 1.29 is 19.2 Å². The average Bonchev–Trinajstić information content (AvgIpc) is 2.72. The summed E-state index contributed by atoms with van der Waals surface area (Å²) in [6, 6.07) is 13.7. The molecule has 3 N–H and O–H groups in total. The van der Waals surface area contributed by atoms with Crippen molar-refractivity contribution >= 4 is 28.9 Å². The zero-order chi connectivity index (χ0) is 21.5. The number of amides is 2. The first-order valence-electron chi connectivity index (χ1n) is 10.3. The maximum Gasteiger partial charge on any atom is 0.279 e. The smallest absolute Gasteiger partial charge is 0.279 e. The molecule has 1 aliphatic heterocycles. The van der Waals surface area contributed by atoms with E-state index in [-0.39, 0.29) is 24.9 Å².